The Morgan fingerprint density at radius 3 is 3.18 bits per heavy atom. The van der Waals surface area contributed by atoms with Gasteiger partial charge in [-0.15, -0.1) is 0 Å². The Kier molecular flexibility index (Phi) is 1.21. The van der Waals surface area contributed by atoms with Gasteiger partial charge in [0, 0.05) is 12.1 Å². The summed E-state index contributed by atoms with van der Waals surface area (Å²) in [5.74, 6) is 0.123. The predicted molar refractivity (Wildman–Crippen MR) is 40.8 cm³/mol. The molecule has 0 unspecified atom stereocenters. The van der Waals surface area contributed by atoms with Gasteiger partial charge in [-0.1, -0.05) is 0 Å². The van der Waals surface area contributed by atoms with Crippen LogP contribution in [0.25, 0.3) is 0 Å². The average Bonchev–Trinajstić information content (AvgIpc) is 2.45. The highest BCUT2D eigenvalue weighted by Gasteiger charge is 2.17. The molecule has 0 spiro atoms. The minimum Gasteiger partial charge on any atom is -0.382 e. The van der Waals surface area contributed by atoms with Gasteiger partial charge in [-0.3, -0.25) is 0 Å². The second-order valence-electron chi connectivity index (χ2n) is 2.52. The molecule has 1 aliphatic rings. The molecule has 0 saturated carbocycles. The van der Waals surface area contributed by atoms with E-state index in [0.29, 0.717) is 23.5 Å². The van der Waals surface area contributed by atoms with E-state index in [9.17, 15) is 4.39 Å². The van der Waals surface area contributed by atoms with Crippen molar-refractivity contribution in [3.8, 4) is 0 Å². The van der Waals surface area contributed by atoms with Crippen molar-refractivity contribution in [2.75, 3.05) is 17.6 Å². The number of rotatable bonds is 0. The number of nitrogens with zero attached hydrogens (tertiary/aromatic N) is 1. The van der Waals surface area contributed by atoms with Crippen molar-refractivity contribution in [1.82, 2.24) is 4.98 Å². The quantitative estimate of drug-likeness (QED) is 0.578. The first-order chi connectivity index (χ1) is 5.29. The maximum atomic E-state index is 12.9. The summed E-state index contributed by atoms with van der Waals surface area (Å²) in [6, 6.07) is 0. The first-order valence-electron chi connectivity index (χ1n) is 3.46. The second kappa shape index (κ2) is 2.08. The van der Waals surface area contributed by atoms with Crippen molar-refractivity contribution < 1.29 is 4.39 Å². The van der Waals surface area contributed by atoms with Crippen LogP contribution in [0.15, 0.2) is 6.20 Å². The summed E-state index contributed by atoms with van der Waals surface area (Å²) in [6.45, 7) is 0.752. The van der Waals surface area contributed by atoms with Crippen molar-refractivity contribution in [2.24, 2.45) is 0 Å². The highest BCUT2D eigenvalue weighted by atomic mass is 19.1. The Morgan fingerprint density at radius 2 is 2.45 bits per heavy atom. The van der Waals surface area contributed by atoms with Gasteiger partial charge in [0.25, 0.3) is 0 Å². The Labute approximate surface area is 63.4 Å². The molecule has 2 rings (SSSR count). The Morgan fingerprint density at radius 1 is 1.64 bits per heavy atom. The van der Waals surface area contributed by atoms with Crippen molar-refractivity contribution >= 4 is 11.5 Å². The van der Waals surface area contributed by atoms with E-state index in [1.807, 2.05) is 0 Å². The number of anilines is 2. The molecule has 0 bridgehead atoms. The van der Waals surface area contributed by atoms with E-state index in [1.54, 1.807) is 0 Å². The van der Waals surface area contributed by atoms with Crippen molar-refractivity contribution in [1.29, 1.82) is 0 Å². The largest absolute Gasteiger partial charge is 0.382 e. The monoisotopic (exact) mass is 153 g/mol. The molecule has 3 nitrogen and oxygen atoms in total. The summed E-state index contributed by atoms with van der Waals surface area (Å²) in [4.78, 5) is 3.69. The van der Waals surface area contributed by atoms with Gasteiger partial charge in [-0.05, 0) is 6.42 Å². The molecular weight excluding hydrogens is 145 g/mol. The van der Waals surface area contributed by atoms with Crippen LogP contribution in [0.1, 0.15) is 5.56 Å². The summed E-state index contributed by atoms with van der Waals surface area (Å²) < 4.78 is 12.9. The standard InChI is InChI=1S/C7H8FN3/c8-5-3-11-7(9)6-4(5)1-2-10-6/h3,10H,1-2H2,(H2,9,11). The molecule has 4 heteroatoms. The number of hydrogen-bond acceptors (Lipinski definition) is 3. The number of fused-ring (bicyclic) bond motifs is 1. The van der Waals surface area contributed by atoms with Crippen molar-refractivity contribution in [3.05, 3.63) is 17.6 Å². The summed E-state index contributed by atoms with van der Waals surface area (Å²) in [6.07, 6.45) is 1.87. The van der Waals surface area contributed by atoms with E-state index in [-0.39, 0.29) is 5.82 Å². The number of pyridine rings is 1. The lowest BCUT2D eigenvalue weighted by Gasteiger charge is -2.02. The molecule has 1 aromatic rings. The smallest absolute Gasteiger partial charge is 0.147 e. The van der Waals surface area contributed by atoms with Crippen LogP contribution in [0.3, 0.4) is 0 Å². The first-order valence-corrected chi connectivity index (χ1v) is 3.46. The minimum absolute atomic E-state index is 0.265. The average molecular weight is 153 g/mol. The van der Waals surface area contributed by atoms with Crippen LogP contribution >= 0.6 is 0 Å². The minimum atomic E-state index is -0.265. The van der Waals surface area contributed by atoms with Gasteiger partial charge in [0.15, 0.2) is 0 Å². The molecule has 0 aromatic carbocycles. The van der Waals surface area contributed by atoms with Crippen LogP contribution in [0.2, 0.25) is 0 Å². The zero-order valence-electron chi connectivity index (χ0n) is 5.89. The molecule has 1 aromatic heterocycles. The van der Waals surface area contributed by atoms with E-state index in [0.717, 1.165) is 6.54 Å². The van der Waals surface area contributed by atoms with Gasteiger partial charge in [0.05, 0.1) is 11.9 Å². The Balaban J connectivity index is 2.64. The number of nitrogens with two attached hydrogens (primary N) is 1. The Hall–Kier alpha value is -1.32. The molecule has 11 heavy (non-hydrogen) atoms. The summed E-state index contributed by atoms with van der Waals surface area (Å²) in [5.41, 5.74) is 6.84. The molecule has 0 aliphatic carbocycles. The van der Waals surface area contributed by atoms with Crippen LogP contribution in [-0.2, 0) is 6.42 Å². The lowest BCUT2D eigenvalue weighted by Crippen LogP contribution is -1.98. The maximum absolute atomic E-state index is 12.9. The molecule has 0 fully saturated rings. The van der Waals surface area contributed by atoms with Gasteiger partial charge in [-0.25, -0.2) is 9.37 Å². The van der Waals surface area contributed by atoms with Crippen LogP contribution in [0.5, 0.6) is 0 Å². The topological polar surface area (TPSA) is 50.9 Å². The SMILES string of the molecule is Nc1ncc(F)c2c1NCC2. The molecule has 0 radical (unpaired) electrons. The fourth-order valence-electron chi connectivity index (χ4n) is 1.30. The van der Waals surface area contributed by atoms with E-state index in [1.165, 1.54) is 6.20 Å². The van der Waals surface area contributed by atoms with Crippen LogP contribution in [0.4, 0.5) is 15.9 Å². The predicted octanol–water partition coefficient (Wildman–Crippen LogP) is 0.771. The number of nitrogens with one attached hydrogen (secondary N) is 1. The Bertz CT molecular complexity index is 269. The molecule has 0 amide bonds. The molecule has 0 saturated heterocycles. The normalized spacial score (nSPS) is 14.3. The molecule has 58 valence electrons. The third-order valence-corrected chi connectivity index (χ3v) is 1.84. The first kappa shape index (κ1) is 6.39. The fraction of sp³-hybridized carbons (Fsp3) is 0.286. The maximum Gasteiger partial charge on any atom is 0.147 e. The number of aromatic nitrogens is 1. The molecule has 0 atom stereocenters. The van der Waals surface area contributed by atoms with Gasteiger partial charge >= 0.3 is 0 Å². The van der Waals surface area contributed by atoms with Gasteiger partial charge in [0.2, 0.25) is 0 Å². The molecule has 1 aliphatic heterocycles. The zero-order valence-corrected chi connectivity index (χ0v) is 5.89. The highest BCUT2D eigenvalue weighted by Crippen LogP contribution is 2.28. The third-order valence-electron chi connectivity index (χ3n) is 1.84. The lowest BCUT2D eigenvalue weighted by atomic mass is 10.2. The number of halogens is 1. The summed E-state index contributed by atoms with van der Waals surface area (Å²) >= 11 is 0. The van der Waals surface area contributed by atoms with E-state index in [2.05, 4.69) is 10.3 Å². The van der Waals surface area contributed by atoms with E-state index >= 15 is 0 Å². The van der Waals surface area contributed by atoms with Gasteiger partial charge < -0.3 is 11.1 Å². The highest BCUT2D eigenvalue weighted by molar-refractivity contribution is 5.69. The number of nitrogen functional groups attached to an aromatic ring is 1. The molecule has 3 N–H and O–H groups in total. The van der Waals surface area contributed by atoms with Gasteiger partial charge in [0.1, 0.15) is 11.6 Å². The third kappa shape index (κ3) is 0.824. The summed E-state index contributed by atoms with van der Waals surface area (Å²) in [7, 11) is 0. The van der Waals surface area contributed by atoms with Crippen molar-refractivity contribution in [3.63, 3.8) is 0 Å². The molecular formula is C7H8FN3. The second-order valence-corrected chi connectivity index (χ2v) is 2.52. The fourth-order valence-corrected chi connectivity index (χ4v) is 1.30. The van der Waals surface area contributed by atoms with Gasteiger partial charge in [-0.2, -0.15) is 0 Å². The van der Waals surface area contributed by atoms with Crippen molar-refractivity contribution in [2.45, 2.75) is 6.42 Å². The van der Waals surface area contributed by atoms with E-state index < -0.39 is 0 Å². The number of hydrogen-bond donors (Lipinski definition) is 2. The van der Waals surface area contributed by atoms with E-state index in [4.69, 9.17) is 5.73 Å². The van der Waals surface area contributed by atoms with Crippen LogP contribution in [-0.4, -0.2) is 11.5 Å². The zero-order chi connectivity index (χ0) is 7.84. The summed E-state index contributed by atoms with van der Waals surface area (Å²) in [5, 5.41) is 2.98. The van der Waals surface area contributed by atoms with Crippen LogP contribution < -0.4 is 11.1 Å². The van der Waals surface area contributed by atoms with Crippen LogP contribution in [0, 0.1) is 5.82 Å². The lowest BCUT2D eigenvalue weighted by molar-refractivity contribution is 0.610. The molecule has 2 heterocycles.